The minimum Gasteiger partial charge on any atom is -0.0942 e. The van der Waals surface area contributed by atoms with Crippen LogP contribution in [0, 0.1) is 0 Å². The molecular formula is C35H24. The molecule has 0 saturated carbocycles. The van der Waals surface area contributed by atoms with Gasteiger partial charge in [-0.05, 0) is 79.1 Å². The van der Waals surface area contributed by atoms with Crippen LogP contribution in [0.3, 0.4) is 0 Å². The Morgan fingerprint density at radius 2 is 1.17 bits per heavy atom. The van der Waals surface area contributed by atoms with Gasteiger partial charge in [-0.15, -0.1) is 0 Å². The lowest BCUT2D eigenvalue weighted by molar-refractivity contribution is 0.768. The average molecular weight is 445 g/mol. The SMILES string of the molecule is C=C1/C=C\C=C/c2ccccc2C12c1ccc(-c3ccccc3)cc1-c1cc3ccccc3cc12. The molecule has 0 nitrogen and oxygen atoms in total. The first-order chi connectivity index (χ1) is 17.3. The van der Waals surface area contributed by atoms with E-state index >= 15 is 0 Å². The maximum Gasteiger partial charge on any atom is 0.0713 e. The molecule has 2 aliphatic carbocycles. The zero-order valence-electron chi connectivity index (χ0n) is 19.4. The molecule has 0 amide bonds. The second-order valence-electron chi connectivity index (χ2n) is 9.45. The van der Waals surface area contributed by atoms with Gasteiger partial charge in [-0.25, -0.2) is 0 Å². The lowest BCUT2D eigenvalue weighted by atomic mass is 9.65. The lowest BCUT2D eigenvalue weighted by Crippen LogP contribution is -2.29. The molecule has 1 atom stereocenters. The molecule has 5 aromatic carbocycles. The highest BCUT2D eigenvalue weighted by Gasteiger charge is 2.47. The molecule has 1 unspecified atom stereocenters. The second kappa shape index (κ2) is 7.55. The third kappa shape index (κ3) is 2.80. The normalized spacial score (nSPS) is 19.5. The molecule has 0 radical (unpaired) electrons. The third-order valence-corrected chi connectivity index (χ3v) is 7.64. The van der Waals surface area contributed by atoms with E-state index < -0.39 is 5.41 Å². The zero-order valence-corrected chi connectivity index (χ0v) is 19.4. The average Bonchev–Trinajstić information content (AvgIpc) is 3.19. The summed E-state index contributed by atoms with van der Waals surface area (Å²) in [4.78, 5) is 0. The largest absolute Gasteiger partial charge is 0.0942 e. The maximum absolute atomic E-state index is 4.69. The van der Waals surface area contributed by atoms with Crippen LogP contribution >= 0.6 is 0 Å². The van der Waals surface area contributed by atoms with Gasteiger partial charge in [0.2, 0.25) is 0 Å². The van der Waals surface area contributed by atoms with Crippen molar-refractivity contribution in [3.63, 3.8) is 0 Å². The van der Waals surface area contributed by atoms with Gasteiger partial charge in [0.05, 0.1) is 5.41 Å². The van der Waals surface area contributed by atoms with E-state index in [9.17, 15) is 0 Å². The minimum absolute atomic E-state index is 0.443. The van der Waals surface area contributed by atoms with Gasteiger partial charge in [0.15, 0.2) is 0 Å². The highest BCUT2D eigenvalue weighted by atomic mass is 14.5. The molecule has 164 valence electrons. The van der Waals surface area contributed by atoms with Crippen LogP contribution in [0.5, 0.6) is 0 Å². The summed E-state index contributed by atoms with van der Waals surface area (Å²) in [6, 6.07) is 39.9. The van der Waals surface area contributed by atoms with Crippen LogP contribution in [0.1, 0.15) is 22.3 Å². The molecule has 0 aromatic heterocycles. The number of hydrogen-bond donors (Lipinski definition) is 0. The highest BCUT2D eigenvalue weighted by Crippen LogP contribution is 2.58. The van der Waals surface area contributed by atoms with E-state index in [-0.39, 0.29) is 0 Å². The fraction of sp³-hybridized carbons (Fsp3) is 0.0286. The van der Waals surface area contributed by atoms with Crippen LogP contribution < -0.4 is 0 Å². The number of benzene rings is 5. The van der Waals surface area contributed by atoms with Crippen LogP contribution in [0.4, 0.5) is 0 Å². The zero-order chi connectivity index (χ0) is 23.4. The lowest BCUT2D eigenvalue weighted by Gasteiger charge is -2.36. The summed E-state index contributed by atoms with van der Waals surface area (Å²) in [5, 5.41) is 2.52. The number of hydrogen-bond acceptors (Lipinski definition) is 0. The molecule has 0 saturated heterocycles. The Labute approximate surface area is 206 Å². The van der Waals surface area contributed by atoms with E-state index in [0.29, 0.717) is 0 Å². The van der Waals surface area contributed by atoms with E-state index in [2.05, 4.69) is 140 Å². The van der Waals surface area contributed by atoms with E-state index in [0.717, 1.165) is 5.57 Å². The van der Waals surface area contributed by atoms with Crippen LogP contribution in [0.2, 0.25) is 0 Å². The third-order valence-electron chi connectivity index (χ3n) is 7.64. The molecule has 35 heavy (non-hydrogen) atoms. The molecule has 7 rings (SSSR count). The summed E-state index contributed by atoms with van der Waals surface area (Å²) in [5.74, 6) is 0. The first-order valence-corrected chi connectivity index (χ1v) is 12.1. The van der Waals surface area contributed by atoms with Gasteiger partial charge in [0.25, 0.3) is 0 Å². The summed E-state index contributed by atoms with van der Waals surface area (Å²) in [5.41, 5.74) is 10.9. The summed E-state index contributed by atoms with van der Waals surface area (Å²) in [6.07, 6.45) is 8.65. The molecule has 5 aromatic rings. The Hall–Kier alpha value is -4.42. The topological polar surface area (TPSA) is 0 Å². The molecule has 0 heterocycles. The molecule has 1 spiro atoms. The summed E-state index contributed by atoms with van der Waals surface area (Å²) < 4.78 is 0. The van der Waals surface area contributed by atoms with Gasteiger partial charge in [0.1, 0.15) is 0 Å². The fourth-order valence-corrected chi connectivity index (χ4v) is 6.07. The standard InChI is InChI=1S/C35H24/c1-24-11-5-6-14-26-15-9-10-18-32(26)35(24)33-20-19-29(25-12-3-2-4-13-25)22-30(33)31-21-27-16-7-8-17-28(27)23-34(31)35/h2-23H,1H2/b11-5-,14-6-. The van der Waals surface area contributed by atoms with Crippen LogP contribution in [0.15, 0.2) is 140 Å². The predicted molar refractivity (Wildman–Crippen MR) is 148 cm³/mol. The Morgan fingerprint density at radius 1 is 0.486 bits per heavy atom. The van der Waals surface area contributed by atoms with Gasteiger partial charge >= 0.3 is 0 Å². The van der Waals surface area contributed by atoms with Gasteiger partial charge < -0.3 is 0 Å². The predicted octanol–water partition coefficient (Wildman–Crippen LogP) is 8.96. The summed E-state index contributed by atoms with van der Waals surface area (Å²) in [7, 11) is 0. The van der Waals surface area contributed by atoms with E-state index in [4.69, 9.17) is 0 Å². The quantitative estimate of drug-likeness (QED) is 0.242. The van der Waals surface area contributed by atoms with Crippen molar-refractivity contribution in [1.29, 1.82) is 0 Å². The molecule has 0 N–H and O–H groups in total. The monoisotopic (exact) mass is 444 g/mol. The summed E-state index contributed by atoms with van der Waals surface area (Å²) >= 11 is 0. The fourth-order valence-electron chi connectivity index (χ4n) is 6.07. The number of fused-ring (bicyclic) bond motifs is 8. The van der Waals surface area contributed by atoms with Crippen molar-refractivity contribution in [2.75, 3.05) is 0 Å². The van der Waals surface area contributed by atoms with Crippen LogP contribution in [-0.2, 0) is 5.41 Å². The van der Waals surface area contributed by atoms with Crippen molar-refractivity contribution < 1.29 is 0 Å². The van der Waals surface area contributed by atoms with E-state index in [1.54, 1.807) is 0 Å². The Bertz CT molecular complexity index is 1700. The van der Waals surface area contributed by atoms with Crippen molar-refractivity contribution in [2.45, 2.75) is 5.41 Å². The van der Waals surface area contributed by atoms with Crippen molar-refractivity contribution in [2.24, 2.45) is 0 Å². The first kappa shape index (κ1) is 20.0. The molecule has 0 heteroatoms. The Balaban J connectivity index is 1.64. The second-order valence-corrected chi connectivity index (χ2v) is 9.45. The summed E-state index contributed by atoms with van der Waals surface area (Å²) in [6.45, 7) is 4.69. The highest BCUT2D eigenvalue weighted by molar-refractivity contribution is 5.97. The van der Waals surface area contributed by atoms with Gasteiger partial charge in [-0.3, -0.25) is 0 Å². The molecule has 2 aliphatic rings. The molecule has 0 aliphatic heterocycles. The first-order valence-electron chi connectivity index (χ1n) is 12.1. The maximum atomic E-state index is 4.69. The smallest absolute Gasteiger partial charge is 0.0713 e. The van der Waals surface area contributed by atoms with Gasteiger partial charge in [-0.2, -0.15) is 0 Å². The van der Waals surface area contributed by atoms with E-state index in [1.165, 1.54) is 55.3 Å². The Kier molecular flexibility index (Phi) is 4.31. The van der Waals surface area contributed by atoms with Crippen LogP contribution in [-0.4, -0.2) is 0 Å². The Morgan fingerprint density at radius 3 is 2.03 bits per heavy atom. The van der Waals surface area contributed by atoms with Gasteiger partial charge in [-0.1, -0.05) is 122 Å². The van der Waals surface area contributed by atoms with Crippen molar-refractivity contribution in [3.05, 3.63) is 162 Å². The van der Waals surface area contributed by atoms with Gasteiger partial charge in [0, 0.05) is 0 Å². The molecule has 0 fully saturated rings. The van der Waals surface area contributed by atoms with Crippen molar-refractivity contribution >= 4 is 16.8 Å². The molecule has 0 bridgehead atoms. The number of allylic oxidation sites excluding steroid dienone is 4. The van der Waals surface area contributed by atoms with E-state index in [1.807, 2.05) is 0 Å². The van der Waals surface area contributed by atoms with Crippen molar-refractivity contribution in [1.82, 2.24) is 0 Å². The van der Waals surface area contributed by atoms with Crippen LogP contribution in [0.25, 0.3) is 39.1 Å². The molecular weight excluding hydrogens is 420 g/mol. The number of rotatable bonds is 1. The minimum atomic E-state index is -0.443. The van der Waals surface area contributed by atoms with Crippen molar-refractivity contribution in [3.8, 4) is 22.3 Å².